The normalized spacial score (nSPS) is 17.4. The Morgan fingerprint density at radius 1 is 1.32 bits per heavy atom. The maximum absolute atomic E-state index is 13.6. The van der Waals surface area contributed by atoms with E-state index in [-0.39, 0.29) is 23.1 Å². The molecular weight excluding hydrogens is 443 g/mol. The second kappa shape index (κ2) is 8.11. The first kappa shape index (κ1) is 23.0. The summed E-state index contributed by atoms with van der Waals surface area (Å²) in [6, 6.07) is 1.62. The molecule has 1 amide bonds. The molecule has 1 atom stereocenters. The number of halogens is 3. The molecular formula is C18H20F3N3O6S. The van der Waals surface area contributed by atoms with Crippen LogP contribution in [0.4, 0.5) is 13.2 Å². The molecule has 1 aromatic carbocycles. The van der Waals surface area contributed by atoms with Crippen LogP contribution in [0, 0.1) is 5.92 Å². The van der Waals surface area contributed by atoms with Gasteiger partial charge in [-0.2, -0.15) is 13.2 Å². The van der Waals surface area contributed by atoms with E-state index in [2.05, 4.69) is 4.98 Å². The van der Waals surface area contributed by atoms with Crippen LogP contribution in [0.15, 0.2) is 21.7 Å². The Labute approximate surface area is 174 Å². The largest absolute Gasteiger partial charge is 0.416 e. The molecule has 3 rings (SSSR count). The topological polar surface area (TPSA) is 127 Å². The summed E-state index contributed by atoms with van der Waals surface area (Å²) in [4.78, 5) is 38.9. The number of rotatable bonds is 5. The monoisotopic (exact) mass is 463 g/mol. The van der Waals surface area contributed by atoms with Crippen molar-refractivity contribution in [2.45, 2.75) is 44.8 Å². The number of amides is 1. The predicted octanol–water partition coefficient (Wildman–Crippen LogP) is 1.62. The van der Waals surface area contributed by atoms with Gasteiger partial charge in [-0.05, 0) is 30.5 Å². The summed E-state index contributed by atoms with van der Waals surface area (Å²) in [5.74, 6) is -2.68. The number of benzene rings is 1. The van der Waals surface area contributed by atoms with Crippen molar-refractivity contribution < 1.29 is 31.1 Å². The van der Waals surface area contributed by atoms with Crippen molar-refractivity contribution in [1.29, 1.82) is 0 Å². The van der Waals surface area contributed by atoms with Crippen molar-refractivity contribution >= 4 is 26.8 Å². The molecule has 0 spiro atoms. The van der Waals surface area contributed by atoms with Gasteiger partial charge in [0, 0.05) is 12.5 Å². The van der Waals surface area contributed by atoms with E-state index in [1.807, 2.05) is 0 Å². The van der Waals surface area contributed by atoms with E-state index in [1.54, 1.807) is 4.72 Å². The third kappa shape index (κ3) is 4.82. The van der Waals surface area contributed by atoms with Crippen molar-refractivity contribution in [2.24, 2.45) is 5.92 Å². The van der Waals surface area contributed by atoms with Gasteiger partial charge in [-0.15, -0.1) is 0 Å². The second-order valence-corrected chi connectivity index (χ2v) is 9.20. The Morgan fingerprint density at radius 3 is 2.55 bits per heavy atom. The van der Waals surface area contributed by atoms with Crippen LogP contribution in [0.1, 0.15) is 43.9 Å². The quantitative estimate of drug-likeness (QED) is 0.694. The van der Waals surface area contributed by atoms with Gasteiger partial charge in [0.15, 0.2) is 5.88 Å². The molecule has 1 aliphatic heterocycles. The Bertz CT molecular complexity index is 1240. The molecule has 1 saturated heterocycles. The highest BCUT2D eigenvalue weighted by molar-refractivity contribution is 7.89. The van der Waals surface area contributed by atoms with Crippen molar-refractivity contribution in [3.63, 3.8) is 0 Å². The lowest BCUT2D eigenvalue weighted by molar-refractivity contribution is -0.139. The van der Waals surface area contributed by atoms with Crippen LogP contribution >= 0.6 is 0 Å². The van der Waals surface area contributed by atoms with E-state index in [0.29, 0.717) is 23.5 Å². The maximum atomic E-state index is 13.6. The average molecular weight is 463 g/mol. The fraction of sp³-hybridized carbons (Fsp3) is 0.500. The molecule has 0 aliphatic carbocycles. The van der Waals surface area contributed by atoms with E-state index in [0.717, 1.165) is 6.07 Å². The highest BCUT2D eigenvalue weighted by atomic mass is 32.2. The lowest BCUT2D eigenvalue weighted by Gasteiger charge is -2.18. The molecule has 1 aliphatic rings. The molecule has 1 aromatic heterocycles. The van der Waals surface area contributed by atoms with Crippen LogP contribution in [-0.2, 0) is 31.6 Å². The first-order valence-electron chi connectivity index (χ1n) is 9.34. The standard InChI is InChI=1S/C18H20F3N3O6S/c1-9(2)15(25)23-31(28,29)8-24-16(26)11-6-10(14-4-3-5-30-14)12(18(19,20)21)7-13(11)22-17(24)27/h6-7,9,14H,3-5,8H2,1-2H3,(H,22,27)(H,23,25)/t14-/m1/s1. The number of carbonyl (C=O) groups excluding carboxylic acids is 1. The van der Waals surface area contributed by atoms with Crippen LogP contribution in [-0.4, -0.2) is 30.5 Å². The molecule has 2 heterocycles. The van der Waals surface area contributed by atoms with Gasteiger partial charge >= 0.3 is 11.9 Å². The lowest BCUT2D eigenvalue weighted by Crippen LogP contribution is -2.42. The van der Waals surface area contributed by atoms with E-state index in [4.69, 9.17) is 4.74 Å². The first-order chi connectivity index (χ1) is 14.3. The molecule has 31 heavy (non-hydrogen) atoms. The number of sulfonamides is 1. The Morgan fingerprint density at radius 2 is 2.00 bits per heavy atom. The third-order valence-electron chi connectivity index (χ3n) is 4.81. The van der Waals surface area contributed by atoms with Gasteiger partial charge in [0.05, 0.1) is 22.6 Å². The van der Waals surface area contributed by atoms with Gasteiger partial charge in [-0.25, -0.2) is 17.8 Å². The Balaban J connectivity index is 2.15. The number of nitrogens with one attached hydrogen (secondary N) is 2. The number of ether oxygens (including phenoxy) is 1. The van der Waals surface area contributed by atoms with Crippen molar-refractivity contribution in [3.05, 3.63) is 44.1 Å². The Hall–Kier alpha value is -2.67. The fourth-order valence-corrected chi connectivity index (χ4v) is 4.42. The van der Waals surface area contributed by atoms with Gasteiger partial charge in [0.1, 0.15) is 0 Å². The number of aromatic nitrogens is 2. The number of fused-ring (bicyclic) bond motifs is 1. The SMILES string of the molecule is CC(C)C(=O)NS(=O)(=O)Cn1c(=O)[nH]c2cc(C(F)(F)F)c([C@H]3CCCO3)cc2c1=O. The molecule has 0 bridgehead atoms. The van der Waals surface area contributed by atoms with Crippen molar-refractivity contribution in [1.82, 2.24) is 14.3 Å². The van der Waals surface area contributed by atoms with E-state index < -0.39 is 56.8 Å². The van der Waals surface area contributed by atoms with Crippen LogP contribution < -0.4 is 16.0 Å². The number of hydrogen-bond acceptors (Lipinski definition) is 6. The van der Waals surface area contributed by atoms with Crippen LogP contribution in [0.2, 0.25) is 0 Å². The van der Waals surface area contributed by atoms with Gasteiger partial charge in [0.25, 0.3) is 15.6 Å². The van der Waals surface area contributed by atoms with Crippen LogP contribution in [0.25, 0.3) is 10.9 Å². The number of nitrogens with zero attached hydrogens (tertiary/aromatic N) is 1. The molecule has 0 saturated carbocycles. The lowest BCUT2D eigenvalue weighted by atomic mass is 9.97. The minimum atomic E-state index is -4.76. The summed E-state index contributed by atoms with van der Waals surface area (Å²) >= 11 is 0. The van der Waals surface area contributed by atoms with E-state index in [9.17, 15) is 36.0 Å². The average Bonchev–Trinajstić information content (AvgIpc) is 3.17. The smallest absolute Gasteiger partial charge is 0.374 e. The zero-order valence-corrected chi connectivity index (χ0v) is 17.4. The fourth-order valence-electron chi connectivity index (χ4n) is 3.24. The summed E-state index contributed by atoms with van der Waals surface area (Å²) in [5.41, 5.74) is -4.02. The maximum Gasteiger partial charge on any atom is 0.416 e. The highest BCUT2D eigenvalue weighted by Crippen LogP contribution is 2.40. The minimum absolute atomic E-state index is 0.260. The first-order valence-corrected chi connectivity index (χ1v) is 11.0. The number of H-pyrrole nitrogens is 1. The number of aromatic amines is 1. The van der Waals surface area contributed by atoms with E-state index in [1.165, 1.54) is 13.8 Å². The summed E-state index contributed by atoms with van der Waals surface area (Å²) in [6.45, 7) is 3.17. The van der Waals surface area contributed by atoms with Crippen LogP contribution in [0.5, 0.6) is 0 Å². The minimum Gasteiger partial charge on any atom is -0.374 e. The molecule has 170 valence electrons. The van der Waals surface area contributed by atoms with Gasteiger partial charge in [0.2, 0.25) is 5.91 Å². The Kier molecular flexibility index (Phi) is 6.02. The van der Waals surface area contributed by atoms with E-state index >= 15 is 0 Å². The molecule has 9 nitrogen and oxygen atoms in total. The molecule has 13 heteroatoms. The van der Waals surface area contributed by atoms with Gasteiger partial charge < -0.3 is 9.72 Å². The van der Waals surface area contributed by atoms with Gasteiger partial charge in [-0.3, -0.25) is 14.3 Å². The van der Waals surface area contributed by atoms with Crippen LogP contribution in [0.3, 0.4) is 0 Å². The number of hydrogen-bond donors (Lipinski definition) is 2. The van der Waals surface area contributed by atoms with Gasteiger partial charge in [-0.1, -0.05) is 13.8 Å². The highest BCUT2D eigenvalue weighted by Gasteiger charge is 2.37. The molecule has 1 fully saturated rings. The molecule has 2 N–H and O–H groups in total. The summed E-state index contributed by atoms with van der Waals surface area (Å²) < 4.78 is 72.5. The molecule has 0 unspecified atom stereocenters. The summed E-state index contributed by atoms with van der Waals surface area (Å²) in [6.07, 6.45) is -4.77. The third-order valence-corrected chi connectivity index (χ3v) is 5.92. The molecule has 2 aromatic rings. The molecule has 0 radical (unpaired) electrons. The summed E-state index contributed by atoms with van der Waals surface area (Å²) in [5, 5.41) is -0.302. The zero-order valence-electron chi connectivity index (χ0n) is 16.6. The summed E-state index contributed by atoms with van der Waals surface area (Å²) in [7, 11) is -4.41. The number of carbonyl (C=O) groups is 1. The predicted molar refractivity (Wildman–Crippen MR) is 104 cm³/mol. The number of alkyl halides is 3. The second-order valence-electron chi connectivity index (χ2n) is 7.51. The van der Waals surface area contributed by atoms with Crippen molar-refractivity contribution in [2.75, 3.05) is 6.61 Å². The van der Waals surface area contributed by atoms with Crippen molar-refractivity contribution in [3.8, 4) is 0 Å². The zero-order chi connectivity index (χ0) is 23.1.